The summed E-state index contributed by atoms with van der Waals surface area (Å²) in [7, 11) is 0. The topological polar surface area (TPSA) is 40.5 Å². The van der Waals surface area contributed by atoms with Crippen LogP contribution in [-0.2, 0) is 19.3 Å². The Bertz CT molecular complexity index is 331. The number of fused-ring (bicyclic) bond motifs is 1. The summed E-state index contributed by atoms with van der Waals surface area (Å²) in [6.07, 6.45) is 5.23. The van der Waals surface area contributed by atoms with E-state index in [1.54, 1.807) is 0 Å². The van der Waals surface area contributed by atoms with Crippen molar-refractivity contribution in [3.8, 4) is 5.75 Å². The van der Waals surface area contributed by atoms with Crippen LogP contribution < -0.4 is 0 Å². The van der Waals surface area contributed by atoms with E-state index in [2.05, 4.69) is 6.07 Å². The summed E-state index contributed by atoms with van der Waals surface area (Å²) in [5, 5.41) is 18.5. The molecule has 0 radical (unpaired) electrons. The second kappa shape index (κ2) is 4.01. The van der Waals surface area contributed by atoms with Crippen LogP contribution in [0.2, 0.25) is 0 Å². The quantitative estimate of drug-likeness (QED) is 0.750. The molecule has 0 saturated carbocycles. The molecule has 1 aromatic carbocycles. The Balaban J connectivity index is 2.35. The van der Waals surface area contributed by atoms with Gasteiger partial charge in [-0.1, -0.05) is 6.07 Å². The highest BCUT2D eigenvalue weighted by Crippen LogP contribution is 2.28. The van der Waals surface area contributed by atoms with Crippen molar-refractivity contribution in [3.63, 3.8) is 0 Å². The van der Waals surface area contributed by atoms with Crippen molar-refractivity contribution in [3.05, 3.63) is 28.8 Å². The zero-order valence-corrected chi connectivity index (χ0v) is 8.29. The molecule has 0 fully saturated rings. The zero-order chi connectivity index (χ0) is 9.97. The summed E-state index contributed by atoms with van der Waals surface area (Å²) in [6.45, 7) is 0.104. The summed E-state index contributed by atoms with van der Waals surface area (Å²) < 4.78 is 0. The summed E-state index contributed by atoms with van der Waals surface area (Å²) in [5.41, 5.74) is 3.53. The van der Waals surface area contributed by atoms with Gasteiger partial charge in [-0.3, -0.25) is 0 Å². The van der Waals surface area contributed by atoms with Gasteiger partial charge in [0.05, 0.1) is 0 Å². The fourth-order valence-electron chi connectivity index (χ4n) is 2.14. The molecule has 2 nitrogen and oxygen atoms in total. The number of aliphatic hydroxyl groups is 1. The van der Waals surface area contributed by atoms with Crippen molar-refractivity contribution >= 4 is 0 Å². The van der Waals surface area contributed by atoms with Gasteiger partial charge < -0.3 is 10.2 Å². The first kappa shape index (κ1) is 9.53. The molecule has 0 aliphatic heterocycles. The van der Waals surface area contributed by atoms with Gasteiger partial charge in [-0.25, -0.2) is 0 Å². The summed E-state index contributed by atoms with van der Waals surface area (Å²) in [6, 6.07) is 3.93. The summed E-state index contributed by atoms with van der Waals surface area (Å²) >= 11 is 0. The lowest BCUT2D eigenvalue weighted by Crippen LogP contribution is -2.04. The van der Waals surface area contributed by atoms with Crippen LogP contribution in [0.25, 0.3) is 0 Å². The number of phenols is 1. The van der Waals surface area contributed by atoms with Crippen LogP contribution in [0.3, 0.4) is 0 Å². The minimum atomic E-state index is 0.104. The largest absolute Gasteiger partial charge is 0.508 e. The lowest BCUT2D eigenvalue weighted by molar-refractivity contribution is 0.297. The second-order valence-corrected chi connectivity index (χ2v) is 3.93. The highest BCUT2D eigenvalue weighted by molar-refractivity contribution is 5.43. The summed E-state index contributed by atoms with van der Waals surface area (Å²) in [5.74, 6) is 0.347. The van der Waals surface area contributed by atoms with E-state index in [0.29, 0.717) is 12.2 Å². The Labute approximate surface area is 84.2 Å². The second-order valence-electron chi connectivity index (χ2n) is 3.93. The molecule has 2 N–H and O–H groups in total. The molecule has 2 heteroatoms. The van der Waals surface area contributed by atoms with E-state index in [4.69, 9.17) is 5.11 Å². The molecule has 0 aromatic heterocycles. The van der Waals surface area contributed by atoms with Crippen LogP contribution in [-0.4, -0.2) is 16.8 Å². The number of hydrogen-bond acceptors (Lipinski definition) is 2. The van der Waals surface area contributed by atoms with Gasteiger partial charge in [-0.2, -0.15) is 0 Å². The molecular weight excluding hydrogens is 176 g/mol. The minimum absolute atomic E-state index is 0.104. The van der Waals surface area contributed by atoms with Crippen LogP contribution in [0.1, 0.15) is 29.5 Å². The van der Waals surface area contributed by atoms with Gasteiger partial charge in [0.1, 0.15) is 5.75 Å². The Hall–Kier alpha value is -1.02. The lowest BCUT2D eigenvalue weighted by atomic mass is 9.89. The number of aromatic hydroxyl groups is 1. The van der Waals surface area contributed by atoms with Crippen molar-refractivity contribution in [2.24, 2.45) is 0 Å². The molecule has 0 unspecified atom stereocenters. The molecule has 0 bridgehead atoms. The van der Waals surface area contributed by atoms with Crippen molar-refractivity contribution < 1.29 is 10.2 Å². The van der Waals surface area contributed by atoms with Crippen molar-refractivity contribution in [1.29, 1.82) is 0 Å². The predicted octanol–water partition coefficient (Wildman–Crippen LogP) is 1.81. The number of rotatable bonds is 2. The van der Waals surface area contributed by atoms with Crippen molar-refractivity contribution in [2.75, 3.05) is 6.61 Å². The fourth-order valence-corrected chi connectivity index (χ4v) is 2.14. The predicted molar refractivity (Wildman–Crippen MR) is 55.5 cm³/mol. The van der Waals surface area contributed by atoms with Crippen LogP contribution in [0.4, 0.5) is 0 Å². The van der Waals surface area contributed by atoms with Crippen molar-refractivity contribution in [1.82, 2.24) is 0 Å². The first-order valence-corrected chi connectivity index (χ1v) is 5.26. The summed E-state index contributed by atoms with van der Waals surface area (Å²) in [4.78, 5) is 0. The molecular formula is C12H16O2. The number of aryl methyl sites for hydroxylation is 2. The molecule has 0 heterocycles. The smallest absolute Gasteiger partial charge is 0.119 e. The van der Waals surface area contributed by atoms with E-state index >= 15 is 0 Å². The molecule has 2 rings (SSSR count). The number of aliphatic hydroxyl groups excluding tert-OH is 1. The fraction of sp³-hybridized carbons (Fsp3) is 0.500. The monoisotopic (exact) mass is 192 g/mol. The van der Waals surface area contributed by atoms with Crippen LogP contribution in [0.5, 0.6) is 5.75 Å². The Kier molecular flexibility index (Phi) is 2.73. The third-order valence-electron chi connectivity index (χ3n) is 2.92. The Morgan fingerprint density at radius 2 is 1.71 bits per heavy atom. The van der Waals surface area contributed by atoms with E-state index in [0.717, 1.165) is 18.4 Å². The highest BCUT2D eigenvalue weighted by Gasteiger charge is 2.12. The molecule has 76 valence electrons. The van der Waals surface area contributed by atoms with E-state index in [1.807, 2.05) is 6.07 Å². The zero-order valence-electron chi connectivity index (χ0n) is 8.29. The number of phenolic OH excluding ortho intramolecular Hbond substituents is 1. The molecule has 0 spiro atoms. The molecule has 14 heavy (non-hydrogen) atoms. The normalized spacial score (nSPS) is 15.2. The molecule has 0 atom stereocenters. The van der Waals surface area contributed by atoms with Crippen LogP contribution in [0.15, 0.2) is 12.1 Å². The molecule has 0 saturated heterocycles. The van der Waals surface area contributed by atoms with E-state index in [-0.39, 0.29) is 6.61 Å². The van der Waals surface area contributed by atoms with Gasteiger partial charge in [-0.05, 0) is 54.9 Å². The van der Waals surface area contributed by atoms with Gasteiger partial charge in [0.15, 0.2) is 0 Å². The first-order valence-electron chi connectivity index (χ1n) is 5.26. The van der Waals surface area contributed by atoms with Gasteiger partial charge in [0.2, 0.25) is 0 Å². The van der Waals surface area contributed by atoms with Gasteiger partial charge in [0.25, 0.3) is 0 Å². The third-order valence-corrected chi connectivity index (χ3v) is 2.92. The molecule has 1 aromatic rings. The average molecular weight is 192 g/mol. The van der Waals surface area contributed by atoms with E-state index in [9.17, 15) is 5.11 Å². The van der Waals surface area contributed by atoms with Gasteiger partial charge >= 0.3 is 0 Å². The maximum absolute atomic E-state index is 9.69. The average Bonchev–Trinajstić information content (AvgIpc) is 2.19. The number of hydrogen-bond donors (Lipinski definition) is 2. The maximum atomic E-state index is 9.69. The Morgan fingerprint density at radius 1 is 1.07 bits per heavy atom. The molecule has 1 aliphatic carbocycles. The van der Waals surface area contributed by atoms with E-state index in [1.165, 1.54) is 24.0 Å². The Morgan fingerprint density at radius 3 is 2.36 bits per heavy atom. The third kappa shape index (κ3) is 1.75. The number of benzene rings is 1. The van der Waals surface area contributed by atoms with Crippen LogP contribution in [0, 0.1) is 0 Å². The van der Waals surface area contributed by atoms with Gasteiger partial charge in [-0.15, -0.1) is 0 Å². The minimum Gasteiger partial charge on any atom is -0.508 e. The van der Waals surface area contributed by atoms with Crippen LogP contribution >= 0.6 is 0 Å². The maximum Gasteiger partial charge on any atom is 0.119 e. The molecule has 0 amide bonds. The van der Waals surface area contributed by atoms with Gasteiger partial charge in [0, 0.05) is 6.61 Å². The standard InChI is InChI=1S/C12H16O2/c13-6-5-11-7-9-3-1-2-4-10(9)8-12(11)14/h7-8,13-14H,1-6H2. The molecule has 1 aliphatic rings. The SMILES string of the molecule is OCCc1cc2c(cc1O)CCCC2. The first-order chi connectivity index (χ1) is 6.81. The lowest BCUT2D eigenvalue weighted by Gasteiger charge is -2.17. The highest BCUT2D eigenvalue weighted by atomic mass is 16.3. The van der Waals surface area contributed by atoms with E-state index < -0.39 is 0 Å². The van der Waals surface area contributed by atoms with Crippen molar-refractivity contribution in [2.45, 2.75) is 32.1 Å².